The van der Waals surface area contributed by atoms with Crippen molar-refractivity contribution in [2.45, 2.75) is 27.2 Å². The molecule has 1 aromatic rings. The van der Waals surface area contributed by atoms with Gasteiger partial charge in [0.1, 0.15) is 5.75 Å². The number of rotatable bonds is 6. The highest BCUT2D eigenvalue weighted by molar-refractivity contribution is 5.67. The molecule has 106 valence electrons. The molecule has 1 rings (SSSR count). The highest BCUT2D eigenvalue weighted by atomic mass is 16.5. The van der Waals surface area contributed by atoms with Gasteiger partial charge in [-0.15, -0.1) is 0 Å². The SMILES string of the molecule is COc1c(C)cc(N(C)CC(C)CC(=O)O)cc1C. The fourth-order valence-corrected chi connectivity index (χ4v) is 2.41. The molecule has 19 heavy (non-hydrogen) atoms. The van der Waals surface area contributed by atoms with Crippen molar-refractivity contribution in [1.29, 1.82) is 0 Å². The Hall–Kier alpha value is -1.71. The summed E-state index contributed by atoms with van der Waals surface area (Å²) in [5.41, 5.74) is 3.28. The Morgan fingerprint density at radius 3 is 2.32 bits per heavy atom. The van der Waals surface area contributed by atoms with Crippen LogP contribution in [0, 0.1) is 19.8 Å². The van der Waals surface area contributed by atoms with Crippen molar-refractivity contribution in [2.75, 3.05) is 25.6 Å². The van der Waals surface area contributed by atoms with Crippen molar-refractivity contribution in [1.82, 2.24) is 0 Å². The van der Waals surface area contributed by atoms with E-state index in [2.05, 4.69) is 17.0 Å². The van der Waals surface area contributed by atoms with Crippen molar-refractivity contribution < 1.29 is 14.6 Å². The molecule has 1 aromatic carbocycles. The normalized spacial score (nSPS) is 12.1. The summed E-state index contributed by atoms with van der Waals surface area (Å²) in [5.74, 6) is 0.281. The Kier molecular flexibility index (Phi) is 5.21. The highest BCUT2D eigenvalue weighted by Gasteiger charge is 2.13. The van der Waals surface area contributed by atoms with Crippen LogP contribution in [0.1, 0.15) is 24.5 Å². The van der Waals surface area contributed by atoms with Crippen molar-refractivity contribution >= 4 is 11.7 Å². The van der Waals surface area contributed by atoms with Crippen molar-refractivity contribution in [3.63, 3.8) is 0 Å². The van der Waals surface area contributed by atoms with Gasteiger partial charge in [0.15, 0.2) is 0 Å². The van der Waals surface area contributed by atoms with E-state index in [4.69, 9.17) is 9.84 Å². The van der Waals surface area contributed by atoms with Crippen LogP contribution in [-0.4, -0.2) is 31.8 Å². The Bertz CT molecular complexity index is 434. The zero-order valence-electron chi connectivity index (χ0n) is 12.4. The zero-order chi connectivity index (χ0) is 14.6. The first-order valence-corrected chi connectivity index (χ1v) is 6.43. The molecule has 0 spiro atoms. The van der Waals surface area contributed by atoms with Crippen molar-refractivity contribution in [3.8, 4) is 5.75 Å². The smallest absolute Gasteiger partial charge is 0.303 e. The monoisotopic (exact) mass is 265 g/mol. The third-order valence-electron chi connectivity index (χ3n) is 3.20. The molecule has 0 aliphatic carbocycles. The van der Waals surface area contributed by atoms with Crippen LogP contribution in [0.4, 0.5) is 5.69 Å². The Morgan fingerprint density at radius 2 is 1.89 bits per heavy atom. The molecule has 0 aromatic heterocycles. The minimum absolute atomic E-state index is 0.116. The predicted molar refractivity (Wildman–Crippen MR) is 77.2 cm³/mol. The number of hydrogen-bond acceptors (Lipinski definition) is 3. The Balaban J connectivity index is 2.83. The molecule has 1 unspecified atom stereocenters. The van der Waals surface area contributed by atoms with Crippen molar-refractivity contribution in [3.05, 3.63) is 23.3 Å². The average molecular weight is 265 g/mol. The number of hydrogen-bond donors (Lipinski definition) is 1. The standard InChI is InChI=1S/C15H23NO3/c1-10(6-14(17)18)9-16(4)13-7-11(2)15(19-5)12(3)8-13/h7-8,10H,6,9H2,1-5H3,(H,17,18). The second-order valence-electron chi connectivity index (χ2n) is 5.20. The largest absolute Gasteiger partial charge is 0.496 e. The minimum Gasteiger partial charge on any atom is -0.496 e. The highest BCUT2D eigenvalue weighted by Crippen LogP contribution is 2.28. The van der Waals surface area contributed by atoms with Crippen LogP contribution in [0.2, 0.25) is 0 Å². The summed E-state index contributed by atoms with van der Waals surface area (Å²) < 4.78 is 5.35. The molecule has 0 bridgehead atoms. The predicted octanol–water partition coefficient (Wildman–Crippen LogP) is 2.86. The number of nitrogens with zero attached hydrogens (tertiary/aromatic N) is 1. The lowest BCUT2D eigenvalue weighted by Crippen LogP contribution is -2.25. The second-order valence-corrected chi connectivity index (χ2v) is 5.20. The minimum atomic E-state index is -0.747. The zero-order valence-corrected chi connectivity index (χ0v) is 12.4. The molecule has 4 nitrogen and oxygen atoms in total. The van der Waals surface area contributed by atoms with Gasteiger partial charge < -0.3 is 14.7 Å². The van der Waals surface area contributed by atoms with Crippen LogP contribution < -0.4 is 9.64 Å². The van der Waals surface area contributed by atoms with E-state index in [1.54, 1.807) is 7.11 Å². The van der Waals surface area contributed by atoms with Gasteiger partial charge >= 0.3 is 5.97 Å². The molecule has 0 heterocycles. The van der Waals surface area contributed by atoms with Crippen LogP contribution in [0.25, 0.3) is 0 Å². The number of benzene rings is 1. The quantitative estimate of drug-likeness (QED) is 0.859. The van der Waals surface area contributed by atoms with E-state index in [-0.39, 0.29) is 12.3 Å². The summed E-state index contributed by atoms with van der Waals surface area (Å²) in [6.07, 6.45) is 0.193. The summed E-state index contributed by atoms with van der Waals surface area (Å²) in [7, 11) is 3.66. The molecule has 1 N–H and O–H groups in total. The summed E-state index contributed by atoms with van der Waals surface area (Å²) in [4.78, 5) is 12.8. The number of carboxylic acids is 1. The summed E-state index contributed by atoms with van der Waals surface area (Å²) >= 11 is 0. The lowest BCUT2D eigenvalue weighted by Gasteiger charge is -2.24. The van der Waals surface area contributed by atoms with Crippen LogP contribution in [-0.2, 0) is 4.79 Å². The van der Waals surface area contributed by atoms with Gasteiger partial charge in [-0.2, -0.15) is 0 Å². The fraction of sp³-hybridized carbons (Fsp3) is 0.533. The van der Waals surface area contributed by atoms with Crippen LogP contribution in [0.15, 0.2) is 12.1 Å². The second kappa shape index (κ2) is 6.45. The molecule has 1 atom stereocenters. The molecule has 0 aliphatic rings. The van der Waals surface area contributed by atoms with Gasteiger partial charge in [-0.1, -0.05) is 6.92 Å². The van der Waals surface area contributed by atoms with Crippen LogP contribution in [0.5, 0.6) is 5.75 Å². The molecule has 0 radical (unpaired) electrons. The molecule has 0 saturated heterocycles. The Morgan fingerprint density at radius 1 is 1.37 bits per heavy atom. The third-order valence-corrected chi connectivity index (χ3v) is 3.20. The van der Waals surface area contributed by atoms with Crippen LogP contribution in [0.3, 0.4) is 0 Å². The van der Waals surface area contributed by atoms with E-state index in [1.165, 1.54) is 0 Å². The van der Waals surface area contributed by atoms with E-state index in [0.717, 1.165) is 29.1 Å². The van der Waals surface area contributed by atoms with Gasteiger partial charge in [-0.3, -0.25) is 4.79 Å². The first kappa shape index (κ1) is 15.3. The molecule has 0 fully saturated rings. The maximum absolute atomic E-state index is 10.7. The van der Waals surface area contributed by atoms with E-state index in [9.17, 15) is 4.79 Å². The Labute approximate surface area is 115 Å². The summed E-state index contributed by atoms with van der Waals surface area (Å²) in [6, 6.07) is 4.14. The lowest BCUT2D eigenvalue weighted by atomic mass is 10.1. The van der Waals surface area contributed by atoms with Crippen LogP contribution >= 0.6 is 0 Å². The summed E-state index contributed by atoms with van der Waals surface area (Å²) in [5, 5.41) is 8.79. The first-order valence-electron chi connectivity index (χ1n) is 6.43. The molecular weight excluding hydrogens is 242 g/mol. The number of aliphatic carboxylic acids is 1. The average Bonchev–Trinajstić information content (AvgIpc) is 2.26. The van der Waals surface area contributed by atoms with Gasteiger partial charge in [0, 0.05) is 25.7 Å². The number of aryl methyl sites for hydroxylation is 2. The lowest BCUT2D eigenvalue weighted by molar-refractivity contribution is -0.137. The molecule has 0 aliphatic heterocycles. The summed E-state index contributed by atoms with van der Waals surface area (Å²) in [6.45, 7) is 6.71. The molecule has 0 amide bonds. The van der Waals surface area contributed by atoms with E-state index in [0.29, 0.717) is 0 Å². The van der Waals surface area contributed by atoms with Gasteiger partial charge in [-0.05, 0) is 43.0 Å². The van der Waals surface area contributed by atoms with Gasteiger partial charge in [-0.25, -0.2) is 0 Å². The first-order chi connectivity index (χ1) is 8.85. The third kappa shape index (κ3) is 4.16. The maximum Gasteiger partial charge on any atom is 0.303 e. The maximum atomic E-state index is 10.7. The fourth-order valence-electron chi connectivity index (χ4n) is 2.41. The van der Waals surface area contributed by atoms with Crippen molar-refractivity contribution in [2.24, 2.45) is 5.92 Å². The van der Waals surface area contributed by atoms with Gasteiger partial charge in [0.05, 0.1) is 7.11 Å². The molecule has 4 heteroatoms. The number of carbonyl (C=O) groups is 1. The number of anilines is 1. The van der Waals surface area contributed by atoms with Gasteiger partial charge in [0.2, 0.25) is 0 Å². The molecule has 0 saturated carbocycles. The van der Waals surface area contributed by atoms with Gasteiger partial charge in [0.25, 0.3) is 0 Å². The van der Waals surface area contributed by atoms with E-state index >= 15 is 0 Å². The number of ether oxygens (including phenoxy) is 1. The molecular formula is C15H23NO3. The van der Waals surface area contributed by atoms with E-state index in [1.807, 2.05) is 27.8 Å². The number of methoxy groups -OCH3 is 1. The topological polar surface area (TPSA) is 49.8 Å². The number of carboxylic acid groups (broad SMARTS) is 1. The van der Waals surface area contributed by atoms with E-state index < -0.39 is 5.97 Å².